The van der Waals surface area contributed by atoms with Gasteiger partial charge in [0.05, 0.1) is 5.69 Å². The zero-order valence-corrected chi connectivity index (χ0v) is 12.2. The van der Waals surface area contributed by atoms with E-state index in [4.69, 9.17) is 4.52 Å². The second-order valence-electron chi connectivity index (χ2n) is 5.88. The van der Waals surface area contributed by atoms with Gasteiger partial charge in [0.2, 0.25) is 0 Å². The van der Waals surface area contributed by atoms with Crippen molar-refractivity contribution in [1.82, 2.24) is 10.5 Å². The summed E-state index contributed by atoms with van der Waals surface area (Å²) in [6.45, 7) is 6.63. The van der Waals surface area contributed by atoms with E-state index in [0.29, 0.717) is 22.9 Å². The molecule has 1 fully saturated rings. The molecular weight excluding hydrogens is 240 g/mol. The summed E-state index contributed by atoms with van der Waals surface area (Å²) in [5.41, 5.74) is 1.32. The molecule has 2 rings (SSSR count). The minimum absolute atomic E-state index is 0.0342. The summed E-state index contributed by atoms with van der Waals surface area (Å²) < 4.78 is 5.26. The van der Waals surface area contributed by atoms with Crippen molar-refractivity contribution in [3.63, 3.8) is 0 Å². The maximum Gasteiger partial charge on any atom is 0.256 e. The van der Waals surface area contributed by atoms with Gasteiger partial charge in [0.15, 0.2) is 5.76 Å². The van der Waals surface area contributed by atoms with Crippen LogP contribution in [-0.2, 0) is 0 Å². The van der Waals surface area contributed by atoms with Crippen molar-refractivity contribution in [3.05, 3.63) is 17.0 Å². The van der Waals surface area contributed by atoms with Crippen molar-refractivity contribution >= 4 is 5.91 Å². The number of hydrogen-bond donors (Lipinski definition) is 1. The molecule has 106 valence electrons. The van der Waals surface area contributed by atoms with Crippen LogP contribution in [0.15, 0.2) is 4.52 Å². The van der Waals surface area contributed by atoms with Gasteiger partial charge in [0.25, 0.3) is 5.91 Å². The molecule has 1 heterocycles. The minimum atomic E-state index is -0.0342. The fourth-order valence-corrected chi connectivity index (χ4v) is 2.77. The molecule has 0 bridgehead atoms. The predicted molar refractivity (Wildman–Crippen MR) is 74.2 cm³/mol. The summed E-state index contributed by atoms with van der Waals surface area (Å²) in [6.07, 6.45) is 6.40. The van der Waals surface area contributed by atoms with Crippen molar-refractivity contribution in [2.75, 3.05) is 6.54 Å². The van der Waals surface area contributed by atoms with E-state index in [1.54, 1.807) is 0 Å². The lowest BCUT2D eigenvalue weighted by atomic mass is 9.89. The first kappa shape index (κ1) is 14.1. The molecule has 1 saturated carbocycles. The Morgan fingerprint density at radius 1 is 1.37 bits per heavy atom. The molecule has 1 aromatic rings. The first-order valence-corrected chi connectivity index (χ1v) is 7.34. The van der Waals surface area contributed by atoms with Gasteiger partial charge < -0.3 is 9.84 Å². The number of aromatic nitrogens is 1. The van der Waals surface area contributed by atoms with E-state index in [-0.39, 0.29) is 11.8 Å². The minimum Gasteiger partial charge on any atom is -0.360 e. The lowest BCUT2D eigenvalue weighted by Crippen LogP contribution is -2.31. The summed E-state index contributed by atoms with van der Waals surface area (Å²) in [6, 6.07) is 0. The Balaban J connectivity index is 1.97. The van der Waals surface area contributed by atoms with Gasteiger partial charge in [-0.1, -0.05) is 38.3 Å². The van der Waals surface area contributed by atoms with Crippen molar-refractivity contribution in [1.29, 1.82) is 0 Å². The fourth-order valence-electron chi connectivity index (χ4n) is 2.77. The van der Waals surface area contributed by atoms with Crippen molar-refractivity contribution in [2.24, 2.45) is 5.92 Å². The van der Waals surface area contributed by atoms with Crippen LogP contribution in [0.1, 0.15) is 73.7 Å². The Hall–Kier alpha value is -1.32. The molecule has 0 radical (unpaired) electrons. The summed E-state index contributed by atoms with van der Waals surface area (Å²) in [5, 5.41) is 6.97. The van der Waals surface area contributed by atoms with Crippen LogP contribution in [0.25, 0.3) is 0 Å². The first-order chi connectivity index (χ1) is 9.09. The Bertz CT molecular complexity index is 431. The number of carbonyl (C=O) groups excluding carboxylic acids is 1. The molecule has 0 unspecified atom stereocenters. The number of nitrogens with zero attached hydrogens (tertiary/aromatic N) is 1. The van der Waals surface area contributed by atoms with Crippen LogP contribution < -0.4 is 5.32 Å². The molecule has 0 aliphatic heterocycles. The number of aryl methyl sites for hydroxylation is 1. The molecule has 4 heteroatoms. The Kier molecular flexibility index (Phi) is 4.61. The van der Waals surface area contributed by atoms with E-state index < -0.39 is 0 Å². The van der Waals surface area contributed by atoms with E-state index in [1.165, 1.54) is 32.1 Å². The van der Waals surface area contributed by atoms with Gasteiger partial charge in [-0.3, -0.25) is 4.79 Å². The summed E-state index contributed by atoms with van der Waals surface area (Å²) in [7, 11) is 0. The molecule has 0 aromatic carbocycles. The molecule has 1 aromatic heterocycles. The Morgan fingerprint density at radius 3 is 2.68 bits per heavy atom. The van der Waals surface area contributed by atoms with Crippen molar-refractivity contribution in [2.45, 2.75) is 58.8 Å². The molecule has 1 amide bonds. The number of amides is 1. The van der Waals surface area contributed by atoms with Crippen LogP contribution in [0, 0.1) is 12.8 Å². The number of rotatable bonds is 4. The van der Waals surface area contributed by atoms with Gasteiger partial charge in [0.1, 0.15) is 5.56 Å². The normalized spacial score (nSPS) is 16.8. The highest BCUT2D eigenvalue weighted by molar-refractivity contribution is 5.96. The lowest BCUT2D eigenvalue weighted by Gasteiger charge is -2.21. The van der Waals surface area contributed by atoms with Crippen LogP contribution in [0.5, 0.6) is 0 Å². The fraction of sp³-hybridized carbons (Fsp3) is 0.733. The van der Waals surface area contributed by atoms with Crippen molar-refractivity contribution in [3.8, 4) is 0 Å². The quantitative estimate of drug-likeness (QED) is 0.906. The second kappa shape index (κ2) is 6.22. The molecule has 4 nitrogen and oxygen atoms in total. The second-order valence-corrected chi connectivity index (χ2v) is 5.88. The smallest absolute Gasteiger partial charge is 0.256 e. The molecule has 0 spiro atoms. The van der Waals surface area contributed by atoms with Gasteiger partial charge in [0, 0.05) is 12.5 Å². The van der Waals surface area contributed by atoms with Crippen LogP contribution >= 0.6 is 0 Å². The van der Waals surface area contributed by atoms with E-state index in [2.05, 4.69) is 10.5 Å². The molecule has 19 heavy (non-hydrogen) atoms. The van der Waals surface area contributed by atoms with Gasteiger partial charge in [-0.05, 0) is 25.7 Å². The molecule has 1 aliphatic carbocycles. The monoisotopic (exact) mass is 264 g/mol. The maximum absolute atomic E-state index is 12.3. The summed E-state index contributed by atoms with van der Waals surface area (Å²) in [5.74, 6) is 1.48. The zero-order valence-electron chi connectivity index (χ0n) is 12.2. The summed E-state index contributed by atoms with van der Waals surface area (Å²) >= 11 is 0. The first-order valence-electron chi connectivity index (χ1n) is 7.34. The largest absolute Gasteiger partial charge is 0.360 e. The third-order valence-electron chi connectivity index (χ3n) is 3.92. The lowest BCUT2D eigenvalue weighted by molar-refractivity contribution is 0.0940. The highest BCUT2D eigenvalue weighted by atomic mass is 16.5. The molecule has 1 aliphatic rings. The van der Waals surface area contributed by atoms with E-state index in [0.717, 1.165) is 6.54 Å². The standard InChI is InChI=1S/C15H24N2O2/c1-10(2)14-13(11(3)17-19-14)15(18)16-9-12-7-5-4-6-8-12/h10,12H,4-9H2,1-3H3,(H,16,18). The van der Waals surface area contributed by atoms with E-state index in [1.807, 2.05) is 20.8 Å². The third kappa shape index (κ3) is 3.37. The van der Waals surface area contributed by atoms with Gasteiger partial charge >= 0.3 is 0 Å². The Morgan fingerprint density at radius 2 is 2.05 bits per heavy atom. The third-order valence-corrected chi connectivity index (χ3v) is 3.92. The van der Waals surface area contributed by atoms with Crippen LogP contribution in [0.4, 0.5) is 0 Å². The number of hydrogen-bond acceptors (Lipinski definition) is 3. The average Bonchev–Trinajstić information content (AvgIpc) is 2.79. The topological polar surface area (TPSA) is 55.1 Å². The average molecular weight is 264 g/mol. The van der Waals surface area contributed by atoms with E-state index in [9.17, 15) is 4.79 Å². The highest BCUT2D eigenvalue weighted by Gasteiger charge is 2.23. The SMILES string of the molecule is Cc1noc(C(C)C)c1C(=O)NCC1CCCCC1. The van der Waals surface area contributed by atoms with Crippen molar-refractivity contribution < 1.29 is 9.32 Å². The maximum atomic E-state index is 12.3. The van der Waals surface area contributed by atoms with Gasteiger partial charge in [-0.2, -0.15) is 0 Å². The van der Waals surface area contributed by atoms with Crippen LogP contribution in [0.3, 0.4) is 0 Å². The van der Waals surface area contributed by atoms with Gasteiger partial charge in [-0.15, -0.1) is 0 Å². The summed E-state index contributed by atoms with van der Waals surface area (Å²) in [4.78, 5) is 12.3. The predicted octanol–water partition coefficient (Wildman–Crippen LogP) is 3.42. The molecule has 0 atom stereocenters. The molecule has 1 N–H and O–H groups in total. The number of carbonyl (C=O) groups is 1. The highest BCUT2D eigenvalue weighted by Crippen LogP contribution is 2.24. The zero-order chi connectivity index (χ0) is 13.8. The van der Waals surface area contributed by atoms with Gasteiger partial charge in [-0.25, -0.2) is 0 Å². The van der Waals surface area contributed by atoms with Crippen LogP contribution in [-0.4, -0.2) is 17.6 Å². The molecule has 0 saturated heterocycles. The Labute approximate surface area is 114 Å². The van der Waals surface area contributed by atoms with Crippen LogP contribution in [0.2, 0.25) is 0 Å². The van der Waals surface area contributed by atoms with E-state index >= 15 is 0 Å². The molecular formula is C15H24N2O2. The number of nitrogens with one attached hydrogen (secondary N) is 1.